The molecule has 0 aromatic heterocycles. The number of hydrogen-bond acceptors (Lipinski definition) is 5. The molecule has 2 saturated carbocycles. The molecule has 2 bridgehead atoms. The predicted molar refractivity (Wildman–Crippen MR) is 83.5 cm³/mol. The molecule has 2 saturated heterocycles. The average Bonchev–Trinajstić information content (AvgIpc) is 3.35. The number of non-ortho nitro benzene ring substituents is 1. The van der Waals surface area contributed by atoms with Crippen LogP contribution in [-0.4, -0.2) is 33.1 Å². The second kappa shape index (κ2) is 4.33. The highest BCUT2D eigenvalue weighted by molar-refractivity contribution is 6.22. The van der Waals surface area contributed by atoms with Gasteiger partial charge in [-0.05, 0) is 37.3 Å². The Bertz CT molecular complexity index is 936. The van der Waals surface area contributed by atoms with E-state index in [0.29, 0.717) is 18.5 Å². The van der Waals surface area contributed by atoms with E-state index in [-0.39, 0.29) is 28.6 Å². The summed E-state index contributed by atoms with van der Waals surface area (Å²) in [5.74, 6) is -1.20. The van der Waals surface area contributed by atoms with Gasteiger partial charge >= 0.3 is 0 Å². The molecule has 1 N–H and O–H groups in total. The molecule has 0 spiro atoms. The molecular weight excluding hydrogens is 326 g/mol. The van der Waals surface area contributed by atoms with Crippen LogP contribution < -0.4 is 5.32 Å². The van der Waals surface area contributed by atoms with E-state index in [1.807, 2.05) is 0 Å². The van der Waals surface area contributed by atoms with Crippen molar-refractivity contribution in [1.29, 1.82) is 0 Å². The maximum absolute atomic E-state index is 12.9. The van der Waals surface area contributed by atoms with Gasteiger partial charge in [0.1, 0.15) is 0 Å². The molecule has 3 aliphatic heterocycles. The highest BCUT2D eigenvalue weighted by Gasteiger charge is 2.63. The van der Waals surface area contributed by atoms with Gasteiger partial charge < -0.3 is 5.32 Å². The molecule has 4 fully saturated rings. The third kappa shape index (κ3) is 1.68. The highest BCUT2D eigenvalue weighted by Crippen LogP contribution is 2.55. The molecule has 8 nitrogen and oxygen atoms in total. The normalized spacial score (nSPS) is 29.4. The zero-order valence-corrected chi connectivity index (χ0v) is 13.1. The minimum Gasteiger partial charge on any atom is -0.327 e. The van der Waals surface area contributed by atoms with E-state index in [4.69, 9.17) is 0 Å². The van der Waals surface area contributed by atoms with Crippen LogP contribution in [0.2, 0.25) is 0 Å². The Kier molecular flexibility index (Phi) is 2.48. The Morgan fingerprint density at radius 2 is 1.80 bits per heavy atom. The molecule has 1 aromatic rings. The number of imide groups is 1. The van der Waals surface area contributed by atoms with Crippen LogP contribution in [0.5, 0.6) is 0 Å². The van der Waals surface area contributed by atoms with Gasteiger partial charge in [0.2, 0.25) is 5.91 Å². The minimum absolute atomic E-state index is 0.0523. The summed E-state index contributed by atoms with van der Waals surface area (Å²) in [5, 5.41) is 13.8. The van der Waals surface area contributed by atoms with Crippen LogP contribution in [0.25, 0.3) is 0 Å². The van der Waals surface area contributed by atoms with Crippen LogP contribution in [0.15, 0.2) is 29.5 Å². The van der Waals surface area contributed by atoms with Gasteiger partial charge in [0.25, 0.3) is 17.5 Å². The molecule has 25 heavy (non-hydrogen) atoms. The lowest BCUT2D eigenvalue weighted by Gasteiger charge is -2.56. The van der Waals surface area contributed by atoms with Gasteiger partial charge in [-0.25, -0.2) is 0 Å². The number of carbonyl (C=O) groups excluding carboxylic acids is 3. The molecule has 6 rings (SSSR count). The zero-order chi connectivity index (χ0) is 17.5. The number of hydrogen-bond donors (Lipinski definition) is 1. The molecule has 2 aliphatic carbocycles. The largest absolute Gasteiger partial charge is 0.327 e. The summed E-state index contributed by atoms with van der Waals surface area (Å²) in [6, 6.07) is 3.73. The summed E-state index contributed by atoms with van der Waals surface area (Å²) in [6.45, 7) is 0. The summed E-state index contributed by atoms with van der Waals surface area (Å²) in [6.07, 6.45) is 2.59. The number of nitrogens with zero attached hydrogens (tertiary/aromatic N) is 2. The maximum atomic E-state index is 12.9. The second-order valence-electron chi connectivity index (χ2n) is 7.04. The first-order valence-electron chi connectivity index (χ1n) is 8.13. The predicted octanol–water partition coefficient (Wildman–Crippen LogP) is 1.52. The highest BCUT2D eigenvalue weighted by atomic mass is 16.6. The first-order valence-corrected chi connectivity index (χ1v) is 8.13. The SMILES string of the molecule is O=C1NC(=C2CC2)C2(N3C(=O)c4ccc([N+](=O)[O-])cc4C3=O)CC1C2. The van der Waals surface area contributed by atoms with E-state index < -0.39 is 22.3 Å². The Balaban J connectivity index is 1.61. The first kappa shape index (κ1) is 14.3. The van der Waals surface area contributed by atoms with Crippen molar-refractivity contribution in [3.63, 3.8) is 0 Å². The quantitative estimate of drug-likeness (QED) is 0.499. The first-order chi connectivity index (χ1) is 11.9. The zero-order valence-electron chi connectivity index (χ0n) is 13.1. The fraction of sp³-hybridized carbons (Fsp3) is 0.353. The Hall–Kier alpha value is -3.03. The number of piperidine rings is 2. The number of allylic oxidation sites excluding steroid dienone is 1. The van der Waals surface area contributed by atoms with Gasteiger partial charge in [-0.1, -0.05) is 0 Å². The van der Waals surface area contributed by atoms with Crippen molar-refractivity contribution in [3.05, 3.63) is 50.7 Å². The number of carbonyl (C=O) groups is 3. The van der Waals surface area contributed by atoms with Gasteiger partial charge in [0.15, 0.2) is 0 Å². The van der Waals surface area contributed by atoms with Gasteiger partial charge in [0, 0.05) is 23.7 Å². The molecule has 0 atom stereocenters. The summed E-state index contributed by atoms with van der Waals surface area (Å²) in [5.41, 5.74) is 1.01. The maximum Gasteiger partial charge on any atom is 0.270 e. The molecule has 5 aliphatic rings. The van der Waals surface area contributed by atoms with Crippen molar-refractivity contribution in [3.8, 4) is 0 Å². The van der Waals surface area contributed by atoms with Crippen LogP contribution in [0.3, 0.4) is 0 Å². The Morgan fingerprint density at radius 1 is 1.12 bits per heavy atom. The fourth-order valence-electron chi connectivity index (χ4n) is 4.24. The fourth-order valence-corrected chi connectivity index (χ4v) is 4.24. The summed E-state index contributed by atoms with van der Waals surface area (Å²) >= 11 is 0. The molecule has 8 heteroatoms. The van der Waals surface area contributed by atoms with Crippen LogP contribution in [0.4, 0.5) is 5.69 Å². The van der Waals surface area contributed by atoms with E-state index in [0.717, 1.165) is 24.5 Å². The number of fused-ring (bicyclic) bond motifs is 3. The molecule has 126 valence electrons. The number of nitro benzene ring substituents is 1. The lowest BCUT2D eigenvalue weighted by atomic mass is 9.61. The molecule has 3 heterocycles. The van der Waals surface area contributed by atoms with Crippen molar-refractivity contribution in [2.45, 2.75) is 31.2 Å². The second-order valence-corrected chi connectivity index (χ2v) is 7.04. The standard InChI is InChI=1S/C17H13N3O5/c21-14-9-6-17(7-9,13(18-14)8-1-2-8)19-15(22)11-4-3-10(20(24)25)5-12(11)16(19)23/h3-5,9H,1-2,6-7H2,(H,18,21). The van der Waals surface area contributed by atoms with Crippen LogP contribution in [-0.2, 0) is 4.79 Å². The van der Waals surface area contributed by atoms with Crippen molar-refractivity contribution >= 4 is 23.4 Å². The lowest BCUT2D eigenvalue weighted by Crippen LogP contribution is -2.69. The Labute approximate surface area is 141 Å². The van der Waals surface area contributed by atoms with Crippen LogP contribution in [0.1, 0.15) is 46.4 Å². The van der Waals surface area contributed by atoms with Crippen molar-refractivity contribution in [1.82, 2.24) is 10.2 Å². The van der Waals surface area contributed by atoms with Crippen molar-refractivity contribution in [2.75, 3.05) is 0 Å². The number of nitrogens with one attached hydrogen (secondary N) is 1. The topological polar surface area (TPSA) is 110 Å². The Morgan fingerprint density at radius 3 is 2.44 bits per heavy atom. The van der Waals surface area contributed by atoms with Crippen molar-refractivity contribution in [2.24, 2.45) is 5.92 Å². The summed E-state index contributed by atoms with van der Waals surface area (Å²) in [4.78, 5) is 49.4. The summed E-state index contributed by atoms with van der Waals surface area (Å²) < 4.78 is 0. The van der Waals surface area contributed by atoms with E-state index in [9.17, 15) is 24.5 Å². The molecule has 3 amide bonds. The number of nitro groups is 1. The summed E-state index contributed by atoms with van der Waals surface area (Å²) in [7, 11) is 0. The van der Waals surface area contributed by atoms with E-state index in [1.165, 1.54) is 17.0 Å². The molecule has 0 unspecified atom stereocenters. The van der Waals surface area contributed by atoms with Gasteiger partial charge in [0.05, 0.1) is 21.6 Å². The van der Waals surface area contributed by atoms with Gasteiger partial charge in [-0.3, -0.25) is 29.4 Å². The van der Waals surface area contributed by atoms with Crippen LogP contribution >= 0.6 is 0 Å². The van der Waals surface area contributed by atoms with Crippen LogP contribution in [0, 0.1) is 16.0 Å². The monoisotopic (exact) mass is 339 g/mol. The van der Waals surface area contributed by atoms with Gasteiger partial charge in [-0.15, -0.1) is 0 Å². The van der Waals surface area contributed by atoms with E-state index >= 15 is 0 Å². The average molecular weight is 339 g/mol. The number of rotatable bonds is 2. The number of amides is 3. The third-order valence-corrected chi connectivity index (χ3v) is 5.62. The minimum atomic E-state index is -0.799. The lowest BCUT2D eigenvalue weighted by molar-refractivity contribution is -0.384. The van der Waals surface area contributed by atoms with E-state index in [2.05, 4.69) is 5.32 Å². The smallest absolute Gasteiger partial charge is 0.270 e. The van der Waals surface area contributed by atoms with E-state index in [1.54, 1.807) is 0 Å². The van der Waals surface area contributed by atoms with Crippen molar-refractivity contribution < 1.29 is 19.3 Å². The molecule has 1 aromatic carbocycles. The molecular formula is C17H13N3O5. The number of benzene rings is 1. The third-order valence-electron chi connectivity index (χ3n) is 5.62. The van der Waals surface area contributed by atoms with Gasteiger partial charge in [-0.2, -0.15) is 0 Å². The molecule has 0 radical (unpaired) electrons.